The Balaban J connectivity index is 2.17. The fraction of sp³-hybridized carbons (Fsp3) is 0.333. The first kappa shape index (κ1) is 11.0. The molecule has 1 nitrogen and oxygen atoms in total. The highest BCUT2D eigenvalue weighted by Crippen LogP contribution is 2.22. The van der Waals surface area contributed by atoms with E-state index in [1.54, 1.807) is 0 Å². The standard InChI is InChI=1S/C15H19N/c1-12(2)10-11-16-15-9-5-7-13-6-3-4-8-14(13)15/h3-9,12,16H,10-11H2,1-2H3. The average Bonchev–Trinajstić information content (AvgIpc) is 2.29. The normalized spacial score (nSPS) is 10.9. The van der Waals surface area contributed by atoms with E-state index in [-0.39, 0.29) is 0 Å². The van der Waals surface area contributed by atoms with Crippen molar-refractivity contribution in [1.29, 1.82) is 0 Å². The molecule has 0 atom stereocenters. The van der Waals surface area contributed by atoms with E-state index in [2.05, 4.69) is 61.6 Å². The van der Waals surface area contributed by atoms with Crippen LogP contribution in [0.3, 0.4) is 0 Å². The van der Waals surface area contributed by atoms with E-state index >= 15 is 0 Å². The molecule has 0 bridgehead atoms. The van der Waals surface area contributed by atoms with Gasteiger partial charge in [0.2, 0.25) is 0 Å². The third kappa shape index (κ3) is 2.54. The first-order valence-electron chi connectivity index (χ1n) is 5.99. The lowest BCUT2D eigenvalue weighted by atomic mass is 10.1. The lowest BCUT2D eigenvalue weighted by molar-refractivity contribution is 0.607. The van der Waals surface area contributed by atoms with Crippen LogP contribution in [0, 0.1) is 5.92 Å². The summed E-state index contributed by atoms with van der Waals surface area (Å²) in [4.78, 5) is 0. The molecule has 0 saturated heterocycles. The van der Waals surface area contributed by atoms with Crippen molar-refractivity contribution in [3.05, 3.63) is 42.5 Å². The van der Waals surface area contributed by atoms with Gasteiger partial charge >= 0.3 is 0 Å². The summed E-state index contributed by atoms with van der Waals surface area (Å²) in [5, 5.41) is 6.14. The van der Waals surface area contributed by atoms with E-state index < -0.39 is 0 Å². The largest absolute Gasteiger partial charge is 0.385 e. The summed E-state index contributed by atoms with van der Waals surface area (Å²) >= 11 is 0. The molecule has 0 aliphatic carbocycles. The fourth-order valence-corrected chi connectivity index (χ4v) is 1.88. The number of benzene rings is 2. The van der Waals surface area contributed by atoms with Gasteiger partial charge in [0.05, 0.1) is 0 Å². The number of fused-ring (bicyclic) bond motifs is 1. The summed E-state index contributed by atoms with van der Waals surface area (Å²) in [5.74, 6) is 0.752. The molecule has 2 aromatic rings. The van der Waals surface area contributed by atoms with E-state index in [9.17, 15) is 0 Å². The van der Waals surface area contributed by atoms with Gasteiger partial charge in [0, 0.05) is 17.6 Å². The number of hydrogen-bond acceptors (Lipinski definition) is 1. The Bertz CT molecular complexity index is 454. The third-order valence-electron chi connectivity index (χ3n) is 2.83. The zero-order chi connectivity index (χ0) is 11.4. The molecule has 1 heteroatoms. The number of hydrogen-bond donors (Lipinski definition) is 1. The molecular weight excluding hydrogens is 194 g/mol. The molecule has 0 amide bonds. The van der Waals surface area contributed by atoms with Crippen LogP contribution >= 0.6 is 0 Å². The second-order valence-electron chi connectivity index (χ2n) is 4.64. The van der Waals surface area contributed by atoms with Gasteiger partial charge in [0.25, 0.3) is 0 Å². The van der Waals surface area contributed by atoms with Crippen molar-refractivity contribution >= 4 is 16.5 Å². The second kappa shape index (κ2) is 5.02. The molecule has 16 heavy (non-hydrogen) atoms. The molecule has 0 aliphatic rings. The highest BCUT2D eigenvalue weighted by Gasteiger charge is 1.99. The topological polar surface area (TPSA) is 12.0 Å². The lowest BCUT2D eigenvalue weighted by Gasteiger charge is -2.10. The van der Waals surface area contributed by atoms with Gasteiger partial charge < -0.3 is 5.32 Å². The molecule has 0 aromatic heterocycles. The van der Waals surface area contributed by atoms with Crippen LogP contribution in [0.15, 0.2) is 42.5 Å². The second-order valence-corrected chi connectivity index (χ2v) is 4.64. The molecular formula is C15H19N. The van der Waals surface area contributed by atoms with Gasteiger partial charge in [-0.05, 0) is 23.8 Å². The van der Waals surface area contributed by atoms with Crippen LogP contribution in [-0.2, 0) is 0 Å². The van der Waals surface area contributed by atoms with Crippen molar-refractivity contribution in [1.82, 2.24) is 0 Å². The van der Waals surface area contributed by atoms with Crippen LogP contribution in [0.5, 0.6) is 0 Å². The zero-order valence-electron chi connectivity index (χ0n) is 10.0. The Morgan fingerprint density at radius 2 is 1.75 bits per heavy atom. The van der Waals surface area contributed by atoms with Gasteiger partial charge in [-0.1, -0.05) is 50.2 Å². The van der Waals surface area contributed by atoms with E-state index in [4.69, 9.17) is 0 Å². The van der Waals surface area contributed by atoms with E-state index in [1.165, 1.54) is 22.9 Å². The summed E-state index contributed by atoms with van der Waals surface area (Å²) in [5.41, 5.74) is 1.25. The first-order chi connectivity index (χ1) is 7.77. The molecule has 0 unspecified atom stereocenters. The molecule has 0 radical (unpaired) electrons. The third-order valence-corrected chi connectivity index (χ3v) is 2.83. The highest BCUT2D eigenvalue weighted by atomic mass is 14.9. The van der Waals surface area contributed by atoms with Gasteiger partial charge in [0.1, 0.15) is 0 Å². The SMILES string of the molecule is CC(C)CCNc1cccc2ccccc12. The number of anilines is 1. The summed E-state index contributed by atoms with van der Waals surface area (Å²) in [6.07, 6.45) is 1.21. The van der Waals surface area contributed by atoms with E-state index in [0.717, 1.165) is 12.5 Å². The Kier molecular flexibility index (Phi) is 3.45. The predicted octanol–water partition coefficient (Wildman–Crippen LogP) is 4.30. The first-order valence-corrected chi connectivity index (χ1v) is 5.99. The smallest absolute Gasteiger partial charge is 0.0419 e. The van der Waals surface area contributed by atoms with Crippen LogP contribution in [0.25, 0.3) is 10.8 Å². The molecule has 0 saturated carbocycles. The van der Waals surface area contributed by atoms with E-state index in [0.29, 0.717) is 0 Å². The van der Waals surface area contributed by atoms with Crippen molar-refractivity contribution in [2.45, 2.75) is 20.3 Å². The monoisotopic (exact) mass is 213 g/mol. The molecule has 84 valence electrons. The van der Waals surface area contributed by atoms with Crippen molar-refractivity contribution in [2.24, 2.45) is 5.92 Å². The quantitative estimate of drug-likeness (QED) is 0.798. The Hall–Kier alpha value is -1.50. The zero-order valence-corrected chi connectivity index (χ0v) is 10.0. The van der Waals surface area contributed by atoms with Gasteiger partial charge in [-0.15, -0.1) is 0 Å². The molecule has 1 N–H and O–H groups in total. The summed E-state index contributed by atoms with van der Waals surface area (Å²) < 4.78 is 0. The lowest BCUT2D eigenvalue weighted by Crippen LogP contribution is -2.04. The van der Waals surface area contributed by atoms with Crippen LogP contribution in [-0.4, -0.2) is 6.54 Å². The van der Waals surface area contributed by atoms with Crippen molar-refractivity contribution in [2.75, 3.05) is 11.9 Å². The van der Waals surface area contributed by atoms with Gasteiger partial charge in [0.15, 0.2) is 0 Å². The summed E-state index contributed by atoms with van der Waals surface area (Å²) in [7, 11) is 0. The summed E-state index contributed by atoms with van der Waals surface area (Å²) in [6, 6.07) is 14.9. The maximum absolute atomic E-state index is 3.52. The molecule has 0 heterocycles. The van der Waals surface area contributed by atoms with Crippen molar-refractivity contribution < 1.29 is 0 Å². The summed E-state index contributed by atoms with van der Waals surface area (Å²) in [6.45, 7) is 5.56. The van der Waals surface area contributed by atoms with Crippen LogP contribution in [0.4, 0.5) is 5.69 Å². The molecule has 2 rings (SSSR count). The fourth-order valence-electron chi connectivity index (χ4n) is 1.88. The maximum atomic E-state index is 3.52. The minimum atomic E-state index is 0.752. The minimum absolute atomic E-state index is 0.752. The average molecular weight is 213 g/mol. The van der Waals surface area contributed by atoms with Crippen LogP contribution in [0.2, 0.25) is 0 Å². The van der Waals surface area contributed by atoms with Gasteiger partial charge in [-0.3, -0.25) is 0 Å². The molecule has 0 fully saturated rings. The molecule has 0 spiro atoms. The Morgan fingerprint density at radius 3 is 2.56 bits per heavy atom. The molecule has 2 aromatic carbocycles. The predicted molar refractivity (Wildman–Crippen MR) is 71.9 cm³/mol. The number of rotatable bonds is 4. The minimum Gasteiger partial charge on any atom is -0.385 e. The maximum Gasteiger partial charge on any atom is 0.0419 e. The van der Waals surface area contributed by atoms with Gasteiger partial charge in [-0.25, -0.2) is 0 Å². The van der Waals surface area contributed by atoms with E-state index in [1.807, 2.05) is 0 Å². The van der Waals surface area contributed by atoms with Gasteiger partial charge in [-0.2, -0.15) is 0 Å². The number of nitrogens with one attached hydrogen (secondary N) is 1. The van der Waals surface area contributed by atoms with Crippen molar-refractivity contribution in [3.63, 3.8) is 0 Å². The Labute approximate surface area is 97.5 Å². The van der Waals surface area contributed by atoms with Crippen LogP contribution in [0.1, 0.15) is 20.3 Å². The van der Waals surface area contributed by atoms with Crippen molar-refractivity contribution in [3.8, 4) is 0 Å². The van der Waals surface area contributed by atoms with Crippen LogP contribution < -0.4 is 5.32 Å². The molecule has 0 aliphatic heterocycles. The highest BCUT2D eigenvalue weighted by molar-refractivity contribution is 5.93. The Morgan fingerprint density at radius 1 is 1.00 bits per heavy atom.